The van der Waals surface area contributed by atoms with Gasteiger partial charge in [-0.1, -0.05) is 41.9 Å². The van der Waals surface area contributed by atoms with Gasteiger partial charge in [0.2, 0.25) is 0 Å². The number of hydrogen-bond donors (Lipinski definition) is 3. The molecule has 5 nitrogen and oxygen atoms in total. The Kier molecular flexibility index (Phi) is 5.06. The average Bonchev–Trinajstić information content (AvgIpc) is 3.14. The Morgan fingerprint density at radius 1 is 0.862 bits per heavy atom. The van der Waals surface area contributed by atoms with Gasteiger partial charge < -0.3 is 15.6 Å². The van der Waals surface area contributed by atoms with Crippen molar-refractivity contribution in [3.05, 3.63) is 94.6 Å². The minimum Gasteiger partial charge on any atom is -0.350 e. The van der Waals surface area contributed by atoms with Crippen LogP contribution >= 0.6 is 11.6 Å². The summed E-state index contributed by atoms with van der Waals surface area (Å²) in [5.74, 6) is -0.480. The number of halogens is 1. The van der Waals surface area contributed by atoms with Crippen molar-refractivity contribution in [2.24, 2.45) is 0 Å². The standard InChI is InChI=1S/C23H18ClN3O2/c1-14-7-10-18(25-22(28)15-5-3-2-4-6-15)13-19(14)27-23(29)21-11-16-8-9-17(24)12-20(16)26-21/h2-13,26H,1H3,(H,25,28)(H,27,29). The summed E-state index contributed by atoms with van der Waals surface area (Å²) in [7, 11) is 0. The predicted molar refractivity (Wildman–Crippen MR) is 117 cm³/mol. The molecule has 4 rings (SSSR count). The number of fused-ring (bicyclic) bond motifs is 1. The summed E-state index contributed by atoms with van der Waals surface area (Å²) in [6.45, 7) is 1.89. The average molecular weight is 404 g/mol. The van der Waals surface area contributed by atoms with E-state index in [2.05, 4.69) is 15.6 Å². The highest BCUT2D eigenvalue weighted by molar-refractivity contribution is 6.31. The monoisotopic (exact) mass is 403 g/mol. The van der Waals surface area contributed by atoms with Crippen LogP contribution in [0.2, 0.25) is 5.02 Å². The van der Waals surface area contributed by atoms with E-state index < -0.39 is 0 Å². The highest BCUT2D eigenvalue weighted by Crippen LogP contribution is 2.23. The summed E-state index contributed by atoms with van der Waals surface area (Å²) >= 11 is 6.01. The van der Waals surface area contributed by atoms with Crippen LogP contribution < -0.4 is 10.6 Å². The van der Waals surface area contributed by atoms with Crippen LogP contribution in [0.4, 0.5) is 11.4 Å². The molecule has 1 aromatic heterocycles. The van der Waals surface area contributed by atoms with Gasteiger partial charge in [0.25, 0.3) is 11.8 Å². The van der Waals surface area contributed by atoms with Crippen molar-refractivity contribution in [2.75, 3.05) is 10.6 Å². The van der Waals surface area contributed by atoms with Crippen LogP contribution in [0.15, 0.2) is 72.8 Å². The van der Waals surface area contributed by atoms with E-state index in [9.17, 15) is 9.59 Å². The minimum atomic E-state index is -0.271. The smallest absolute Gasteiger partial charge is 0.272 e. The lowest BCUT2D eigenvalue weighted by atomic mass is 10.1. The van der Waals surface area contributed by atoms with Crippen molar-refractivity contribution in [2.45, 2.75) is 6.92 Å². The molecule has 0 aliphatic heterocycles. The Morgan fingerprint density at radius 3 is 2.45 bits per heavy atom. The van der Waals surface area contributed by atoms with Crippen molar-refractivity contribution in [1.29, 1.82) is 0 Å². The van der Waals surface area contributed by atoms with Gasteiger partial charge in [0.1, 0.15) is 5.69 Å². The molecule has 0 radical (unpaired) electrons. The third kappa shape index (κ3) is 4.15. The van der Waals surface area contributed by atoms with Crippen LogP contribution in [-0.2, 0) is 0 Å². The molecule has 0 bridgehead atoms. The first kappa shape index (κ1) is 18.8. The van der Waals surface area contributed by atoms with Gasteiger partial charge in [-0.25, -0.2) is 0 Å². The molecule has 2 amide bonds. The van der Waals surface area contributed by atoms with Gasteiger partial charge in [-0.2, -0.15) is 0 Å². The topological polar surface area (TPSA) is 74.0 Å². The summed E-state index contributed by atoms with van der Waals surface area (Å²) in [5.41, 5.74) is 3.90. The first-order valence-corrected chi connectivity index (χ1v) is 9.44. The molecule has 0 saturated heterocycles. The van der Waals surface area contributed by atoms with Gasteiger partial charge in [-0.05, 0) is 55.0 Å². The Bertz CT molecular complexity index is 1220. The van der Waals surface area contributed by atoms with Crippen molar-refractivity contribution >= 4 is 45.7 Å². The van der Waals surface area contributed by atoms with Crippen LogP contribution in [0, 0.1) is 6.92 Å². The molecule has 3 N–H and O–H groups in total. The van der Waals surface area contributed by atoms with E-state index in [4.69, 9.17) is 11.6 Å². The van der Waals surface area contributed by atoms with E-state index >= 15 is 0 Å². The first-order chi connectivity index (χ1) is 14.0. The zero-order chi connectivity index (χ0) is 20.4. The van der Waals surface area contributed by atoms with Gasteiger partial charge in [0, 0.05) is 32.9 Å². The number of amides is 2. The van der Waals surface area contributed by atoms with Crippen molar-refractivity contribution in [3.63, 3.8) is 0 Å². The quantitative estimate of drug-likeness (QED) is 0.413. The summed E-state index contributed by atoms with van der Waals surface area (Å²) in [5, 5.41) is 7.26. The lowest BCUT2D eigenvalue weighted by Crippen LogP contribution is -2.15. The molecule has 144 valence electrons. The fourth-order valence-corrected chi connectivity index (χ4v) is 3.21. The number of aryl methyl sites for hydroxylation is 1. The number of carbonyl (C=O) groups is 2. The van der Waals surface area contributed by atoms with Crippen molar-refractivity contribution < 1.29 is 9.59 Å². The molecule has 6 heteroatoms. The van der Waals surface area contributed by atoms with Crippen LogP contribution in [0.1, 0.15) is 26.4 Å². The zero-order valence-electron chi connectivity index (χ0n) is 15.6. The summed E-state index contributed by atoms with van der Waals surface area (Å²) < 4.78 is 0. The molecule has 29 heavy (non-hydrogen) atoms. The van der Waals surface area contributed by atoms with Gasteiger partial charge in [0.15, 0.2) is 0 Å². The highest BCUT2D eigenvalue weighted by Gasteiger charge is 2.13. The molecular formula is C23H18ClN3O2. The van der Waals surface area contributed by atoms with Crippen LogP contribution in [0.25, 0.3) is 10.9 Å². The third-order valence-electron chi connectivity index (χ3n) is 4.61. The Labute approximate surface area is 172 Å². The maximum absolute atomic E-state index is 12.7. The summed E-state index contributed by atoms with van der Waals surface area (Å²) in [4.78, 5) is 28.2. The largest absolute Gasteiger partial charge is 0.350 e. The van der Waals surface area contributed by atoms with Gasteiger partial charge in [0.05, 0.1) is 0 Å². The zero-order valence-corrected chi connectivity index (χ0v) is 16.4. The molecule has 0 spiro atoms. The number of nitrogens with one attached hydrogen (secondary N) is 3. The fourth-order valence-electron chi connectivity index (χ4n) is 3.04. The Balaban J connectivity index is 1.54. The molecule has 3 aromatic carbocycles. The fraction of sp³-hybridized carbons (Fsp3) is 0.0435. The van der Waals surface area contributed by atoms with Gasteiger partial charge in [-0.3, -0.25) is 9.59 Å². The number of anilines is 2. The predicted octanol–water partition coefficient (Wildman–Crippen LogP) is 5.63. The maximum Gasteiger partial charge on any atom is 0.272 e. The number of aromatic nitrogens is 1. The number of carbonyl (C=O) groups excluding carboxylic acids is 2. The molecule has 1 heterocycles. The van der Waals surface area contributed by atoms with E-state index in [0.29, 0.717) is 27.7 Å². The van der Waals surface area contributed by atoms with Gasteiger partial charge in [-0.15, -0.1) is 0 Å². The molecule has 0 saturated carbocycles. The lowest BCUT2D eigenvalue weighted by molar-refractivity contribution is 0.101. The number of benzene rings is 3. The third-order valence-corrected chi connectivity index (χ3v) is 4.84. The van der Waals surface area contributed by atoms with E-state index in [0.717, 1.165) is 16.5 Å². The maximum atomic E-state index is 12.7. The van der Waals surface area contributed by atoms with Crippen LogP contribution in [0.3, 0.4) is 0 Å². The van der Waals surface area contributed by atoms with Crippen LogP contribution in [-0.4, -0.2) is 16.8 Å². The number of H-pyrrole nitrogens is 1. The van der Waals surface area contributed by atoms with Crippen molar-refractivity contribution in [3.8, 4) is 0 Å². The minimum absolute atomic E-state index is 0.209. The molecule has 0 aliphatic carbocycles. The molecule has 0 aliphatic rings. The number of aromatic amines is 1. The molecule has 0 unspecified atom stereocenters. The number of hydrogen-bond acceptors (Lipinski definition) is 2. The molecule has 0 atom stereocenters. The van der Waals surface area contributed by atoms with E-state index in [1.807, 2.05) is 37.3 Å². The number of rotatable bonds is 4. The van der Waals surface area contributed by atoms with Crippen molar-refractivity contribution in [1.82, 2.24) is 4.98 Å². The molecule has 4 aromatic rings. The Hall–Kier alpha value is -3.57. The Morgan fingerprint density at radius 2 is 1.66 bits per heavy atom. The summed E-state index contributed by atoms with van der Waals surface area (Å²) in [6, 6.07) is 21.5. The normalized spacial score (nSPS) is 10.7. The van der Waals surface area contributed by atoms with E-state index in [1.165, 1.54) is 0 Å². The SMILES string of the molecule is Cc1ccc(NC(=O)c2ccccc2)cc1NC(=O)c1cc2ccc(Cl)cc2[nH]1. The lowest BCUT2D eigenvalue weighted by Gasteiger charge is -2.11. The summed E-state index contributed by atoms with van der Waals surface area (Å²) in [6.07, 6.45) is 0. The first-order valence-electron chi connectivity index (χ1n) is 9.06. The second-order valence-corrected chi connectivity index (χ2v) is 7.15. The highest BCUT2D eigenvalue weighted by atomic mass is 35.5. The molecular weight excluding hydrogens is 386 g/mol. The van der Waals surface area contributed by atoms with E-state index in [-0.39, 0.29) is 11.8 Å². The van der Waals surface area contributed by atoms with Crippen LogP contribution in [0.5, 0.6) is 0 Å². The van der Waals surface area contributed by atoms with E-state index in [1.54, 1.807) is 42.5 Å². The second kappa shape index (κ2) is 7.81. The molecule has 0 fully saturated rings. The second-order valence-electron chi connectivity index (χ2n) is 6.72. The van der Waals surface area contributed by atoms with Gasteiger partial charge >= 0.3 is 0 Å².